The molecule has 0 N–H and O–H groups in total. The number of thiazole rings is 1. The van der Waals surface area contributed by atoms with E-state index < -0.39 is 0 Å². The number of hydrogen-bond donors (Lipinski definition) is 0. The Kier molecular flexibility index (Phi) is 3.20. The molecule has 1 aromatic carbocycles. The van der Waals surface area contributed by atoms with Crippen molar-refractivity contribution in [1.82, 2.24) is 4.98 Å². The molecular formula is C16H16BrNOS. The van der Waals surface area contributed by atoms with Crippen LogP contribution in [0.4, 0.5) is 0 Å². The lowest BCUT2D eigenvalue weighted by Crippen LogP contribution is -2.13. The van der Waals surface area contributed by atoms with E-state index in [-0.39, 0.29) is 0 Å². The predicted octanol–water partition coefficient (Wildman–Crippen LogP) is 4.92. The van der Waals surface area contributed by atoms with E-state index >= 15 is 0 Å². The van der Waals surface area contributed by atoms with Crippen LogP contribution in [0.15, 0.2) is 28.7 Å². The number of rotatable bonds is 2. The number of aryl methyl sites for hydroxylation is 1. The van der Waals surface area contributed by atoms with Crippen LogP contribution in [-0.4, -0.2) is 17.2 Å². The van der Waals surface area contributed by atoms with E-state index in [1.807, 2.05) is 17.4 Å². The summed E-state index contributed by atoms with van der Waals surface area (Å²) in [5.74, 6) is 0.522. The van der Waals surface area contributed by atoms with Gasteiger partial charge in [-0.1, -0.05) is 34.1 Å². The number of benzene rings is 1. The first kappa shape index (κ1) is 13.0. The molecule has 0 saturated carbocycles. The largest absolute Gasteiger partial charge is 0.374 e. The van der Waals surface area contributed by atoms with Gasteiger partial charge in [0.1, 0.15) is 0 Å². The van der Waals surface area contributed by atoms with E-state index in [2.05, 4.69) is 41.1 Å². The topological polar surface area (TPSA) is 22.1 Å². The van der Waals surface area contributed by atoms with E-state index in [9.17, 15) is 0 Å². The van der Waals surface area contributed by atoms with Gasteiger partial charge in [0.25, 0.3) is 0 Å². The number of ether oxygens (including phenoxy) is 1. The van der Waals surface area contributed by atoms with Crippen LogP contribution in [0, 0.1) is 6.92 Å². The summed E-state index contributed by atoms with van der Waals surface area (Å²) in [5.41, 5.74) is 2.32. The van der Waals surface area contributed by atoms with Crippen molar-refractivity contribution in [3.05, 3.63) is 38.6 Å². The summed E-state index contributed by atoms with van der Waals surface area (Å²) in [6.07, 6.45) is 4.51. The lowest BCUT2D eigenvalue weighted by molar-refractivity contribution is 0.101. The van der Waals surface area contributed by atoms with Gasteiger partial charge in [-0.2, -0.15) is 0 Å². The molecule has 20 heavy (non-hydrogen) atoms. The minimum absolute atomic E-state index is 0.414. The van der Waals surface area contributed by atoms with Crippen molar-refractivity contribution in [3.63, 3.8) is 0 Å². The van der Waals surface area contributed by atoms with Crippen molar-refractivity contribution in [2.75, 3.05) is 0 Å². The van der Waals surface area contributed by atoms with Gasteiger partial charge < -0.3 is 4.74 Å². The number of aromatic nitrogens is 1. The molecule has 0 amide bonds. The smallest absolute Gasteiger partial charge is 0.0993 e. The molecule has 104 valence electrons. The first-order valence-electron chi connectivity index (χ1n) is 7.10. The minimum atomic E-state index is 0.414. The minimum Gasteiger partial charge on any atom is -0.374 e. The molecule has 1 aromatic heterocycles. The zero-order chi connectivity index (χ0) is 13.7. The molecule has 2 bridgehead atoms. The lowest BCUT2D eigenvalue weighted by atomic mass is 9.90. The standard InChI is InChI=1S/C16H16BrNOS/c1-9-15(11-4-2-3-5-13(11)17)18-16(20-9)12-8-10-6-7-14(12)19-10/h2-5,10,12,14H,6-8H2,1H3. The lowest BCUT2D eigenvalue weighted by Gasteiger charge is -2.15. The van der Waals surface area contributed by atoms with Crippen molar-refractivity contribution in [2.45, 2.75) is 44.3 Å². The molecule has 3 heterocycles. The Balaban J connectivity index is 1.71. The maximum atomic E-state index is 5.98. The Bertz CT molecular complexity index is 654. The molecule has 3 unspecified atom stereocenters. The van der Waals surface area contributed by atoms with Crippen molar-refractivity contribution >= 4 is 27.3 Å². The average molecular weight is 350 g/mol. The Morgan fingerprint density at radius 3 is 2.85 bits per heavy atom. The van der Waals surface area contributed by atoms with Crippen molar-refractivity contribution in [1.29, 1.82) is 0 Å². The van der Waals surface area contributed by atoms with Gasteiger partial charge in [0.2, 0.25) is 0 Å². The van der Waals surface area contributed by atoms with Crippen molar-refractivity contribution < 1.29 is 4.74 Å². The maximum absolute atomic E-state index is 5.98. The molecule has 3 atom stereocenters. The fourth-order valence-electron chi connectivity index (χ4n) is 3.38. The Morgan fingerprint density at radius 2 is 2.15 bits per heavy atom. The van der Waals surface area contributed by atoms with Gasteiger partial charge in [-0.3, -0.25) is 0 Å². The fourth-order valence-corrected chi connectivity index (χ4v) is 4.95. The number of fused-ring (bicyclic) bond motifs is 2. The summed E-state index contributed by atoms with van der Waals surface area (Å²) in [6.45, 7) is 2.17. The zero-order valence-electron chi connectivity index (χ0n) is 11.3. The SMILES string of the molecule is Cc1sc(C2CC3CCC2O3)nc1-c1ccccc1Br. The molecular weight excluding hydrogens is 334 g/mol. The van der Waals surface area contributed by atoms with Crippen LogP contribution in [0.5, 0.6) is 0 Å². The second-order valence-electron chi connectivity index (χ2n) is 5.65. The van der Waals surface area contributed by atoms with Crippen LogP contribution < -0.4 is 0 Å². The fraction of sp³-hybridized carbons (Fsp3) is 0.438. The normalized spacial score (nSPS) is 28.2. The third-order valence-corrected chi connectivity index (χ3v) is 6.16. The quantitative estimate of drug-likeness (QED) is 0.767. The molecule has 0 spiro atoms. The highest BCUT2D eigenvalue weighted by atomic mass is 79.9. The van der Waals surface area contributed by atoms with Gasteiger partial charge in [0, 0.05) is 20.8 Å². The number of hydrogen-bond acceptors (Lipinski definition) is 3. The van der Waals surface area contributed by atoms with E-state index in [0.717, 1.165) is 16.6 Å². The molecule has 0 radical (unpaired) electrons. The third-order valence-electron chi connectivity index (χ3n) is 4.37. The maximum Gasteiger partial charge on any atom is 0.0993 e. The highest BCUT2D eigenvalue weighted by Gasteiger charge is 2.43. The van der Waals surface area contributed by atoms with Gasteiger partial charge in [0.15, 0.2) is 0 Å². The average Bonchev–Trinajstić information content (AvgIpc) is 3.14. The van der Waals surface area contributed by atoms with Gasteiger partial charge in [-0.15, -0.1) is 11.3 Å². The molecule has 2 saturated heterocycles. The van der Waals surface area contributed by atoms with Crippen LogP contribution in [-0.2, 0) is 4.74 Å². The first-order valence-corrected chi connectivity index (χ1v) is 8.71. The van der Waals surface area contributed by atoms with E-state index in [0.29, 0.717) is 18.1 Å². The monoisotopic (exact) mass is 349 g/mol. The van der Waals surface area contributed by atoms with Crippen LogP contribution >= 0.6 is 27.3 Å². The summed E-state index contributed by atoms with van der Waals surface area (Å²) in [4.78, 5) is 6.25. The number of nitrogens with zero attached hydrogens (tertiary/aromatic N) is 1. The van der Waals surface area contributed by atoms with Crippen molar-refractivity contribution in [3.8, 4) is 11.3 Å². The second kappa shape index (κ2) is 4.93. The molecule has 2 fully saturated rings. The van der Waals surface area contributed by atoms with E-state index in [4.69, 9.17) is 9.72 Å². The Labute approximate surface area is 131 Å². The van der Waals surface area contributed by atoms with Gasteiger partial charge >= 0.3 is 0 Å². The highest BCUT2D eigenvalue weighted by Crippen LogP contribution is 2.46. The molecule has 2 nitrogen and oxygen atoms in total. The summed E-state index contributed by atoms with van der Waals surface area (Å²) in [6, 6.07) is 8.32. The van der Waals surface area contributed by atoms with Gasteiger partial charge in [-0.25, -0.2) is 4.98 Å². The van der Waals surface area contributed by atoms with Crippen LogP contribution in [0.25, 0.3) is 11.3 Å². The zero-order valence-corrected chi connectivity index (χ0v) is 13.7. The molecule has 2 aliphatic rings. The van der Waals surface area contributed by atoms with Crippen LogP contribution in [0.3, 0.4) is 0 Å². The summed E-state index contributed by atoms with van der Waals surface area (Å²) in [7, 11) is 0. The van der Waals surface area contributed by atoms with Crippen molar-refractivity contribution in [2.24, 2.45) is 0 Å². The molecule has 2 aliphatic heterocycles. The summed E-state index contributed by atoms with van der Waals surface area (Å²) >= 11 is 5.48. The van der Waals surface area contributed by atoms with Crippen LogP contribution in [0.2, 0.25) is 0 Å². The third kappa shape index (κ3) is 2.05. The first-order chi connectivity index (χ1) is 9.72. The molecule has 4 heteroatoms. The summed E-state index contributed by atoms with van der Waals surface area (Å²) in [5, 5.41) is 1.26. The Hall–Kier alpha value is -0.710. The van der Waals surface area contributed by atoms with E-state index in [1.54, 1.807) is 0 Å². The van der Waals surface area contributed by atoms with Crippen LogP contribution in [0.1, 0.15) is 35.1 Å². The van der Waals surface area contributed by atoms with Gasteiger partial charge in [0.05, 0.1) is 22.9 Å². The molecule has 4 rings (SSSR count). The highest BCUT2D eigenvalue weighted by molar-refractivity contribution is 9.10. The number of halogens is 1. The summed E-state index contributed by atoms with van der Waals surface area (Å²) < 4.78 is 7.09. The Morgan fingerprint density at radius 1 is 1.30 bits per heavy atom. The van der Waals surface area contributed by atoms with Gasteiger partial charge in [-0.05, 0) is 32.3 Å². The molecule has 0 aliphatic carbocycles. The predicted molar refractivity (Wildman–Crippen MR) is 85.2 cm³/mol. The van der Waals surface area contributed by atoms with E-state index in [1.165, 1.54) is 28.3 Å². The second-order valence-corrected chi connectivity index (χ2v) is 7.74. The molecule has 2 aromatic rings.